The summed E-state index contributed by atoms with van der Waals surface area (Å²) in [4.78, 5) is 0. The highest BCUT2D eigenvalue weighted by Gasteiger charge is 2.70. The summed E-state index contributed by atoms with van der Waals surface area (Å²) in [6, 6.07) is 0. The van der Waals surface area contributed by atoms with E-state index in [9.17, 15) is 17.6 Å². The van der Waals surface area contributed by atoms with Crippen LogP contribution in [0.15, 0.2) is 0 Å². The van der Waals surface area contributed by atoms with Gasteiger partial charge in [-0.25, -0.2) is 0 Å². The monoisotopic (exact) mass is 220 g/mol. The normalized spacial score (nSPS) is 40.9. The first kappa shape index (κ1) is 11.6. The number of halogens is 4. The lowest BCUT2D eigenvalue weighted by molar-refractivity contribution is -0.395. The second-order valence-corrected chi connectivity index (χ2v) is 2.90. The number of hydrogen-bond acceptors (Lipinski definition) is 4. The molecule has 1 heterocycles. The predicted octanol–water partition coefficient (Wildman–Crippen LogP) is -0.673. The Morgan fingerprint density at radius 3 is 2.00 bits per heavy atom. The summed E-state index contributed by atoms with van der Waals surface area (Å²) in [5, 5.41) is 25.6. The summed E-state index contributed by atoms with van der Waals surface area (Å²) in [6.07, 6.45) is -7.83. The van der Waals surface area contributed by atoms with Crippen LogP contribution in [0.25, 0.3) is 0 Å². The van der Waals surface area contributed by atoms with Gasteiger partial charge in [-0.15, -0.1) is 0 Å². The van der Waals surface area contributed by atoms with E-state index in [1.807, 2.05) is 0 Å². The van der Waals surface area contributed by atoms with Crippen LogP contribution in [-0.4, -0.2) is 52.3 Å². The summed E-state index contributed by atoms with van der Waals surface area (Å²) < 4.78 is 54.5. The van der Waals surface area contributed by atoms with Gasteiger partial charge in [0.2, 0.25) is 6.29 Å². The first-order valence-corrected chi connectivity index (χ1v) is 3.63. The average molecular weight is 220 g/mol. The van der Waals surface area contributed by atoms with Crippen LogP contribution in [0.3, 0.4) is 0 Å². The van der Waals surface area contributed by atoms with Crippen molar-refractivity contribution in [2.24, 2.45) is 0 Å². The molecule has 3 N–H and O–H groups in total. The van der Waals surface area contributed by atoms with E-state index in [-0.39, 0.29) is 0 Å². The molecule has 3 atom stereocenters. The van der Waals surface area contributed by atoms with Gasteiger partial charge in [-0.2, -0.15) is 17.6 Å². The third-order valence-electron chi connectivity index (χ3n) is 1.96. The number of aliphatic hydroxyl groups excluding tert-OH is 3. The maximum Gasteiger partial charge on any atom is 0.362 e. The van der Waals surface area contributed by atoms with Crippen LogP contribution in [-0.2, 0) is 4.74 Å². The van der Waals surface area contributed by atoms with E-state index >= 15 is 0 Å². The van der Waals surface area contributed by atoms with E-state index in [0.717, 1.165) is 0 Å². The lowest BCUT2D eigenvalue weighted by atomic mass is 9.97. The van der Waals surface area contributed by atoms with Crippen molar-refractivity contribution in [2.45, 2.75) is 30.3 Å². The van der Waals surface area contributed by atoms with Gasteiger partial charge < -0.3 is 20.1 Å². The number of rotatable bonds is 1. The quantitative estimate of drug-likeness (QED) is 0.512. The molecule has 0 saturated carbocycles. The Balaban J connectivity index is 2.98. The second-order valence-electron chi connectivity index (χ2n) is 2.90. The van der Waals surface area contributed by atoms with Gasteiger partial charge in [-0.1, -0.05) is 0 Å². The second kappa shape index (κ2) is 3.30. The van der Waals surface area contributed by atoms with Crippen LogP contribution in [0.1, 0.15) is 0 Å². The molecule has 14 heavy (non-hydrogen) atoms. The molecule has 0 aliphatic carbocycles. The molecule has 4 nitrogen and oxygen atoms in total. The summed E-state index contributed by atoms with van der Waals surface area (Å²) in [6.45, 7) is -1.09. The Kier molecular flexibility index (Phi) is 2.74. The van der Waals surface area contributed by atoms with Gasteiger partial charge in [-0.05, 0) is 0 Å². The Labute approximate surface area is 75.7 Å². The van der Waals surface area contributed by atoms with Crippen molar-refractivity contribution in [1.82, 2.24) is 0 Å². The average Bonchev–Trinajstić information content (AvgIpc) is 2.10. The molecule has 0 spiro atoms. The van der Waals surface area contributed by atoms with Crippen molar-refractivity contribution < 1.29 is 37.6 Å². The maximum absolute atomic E-state index is 12.7. The zero-order valence-electron chi connectivity index (χ0n) is 6.70. The van der Waals surface area contributed by atoms with Crippen LogP contribution in [0.4, 0.5) is 17.6 Å². The molecule has 0 aromatic carbocycles. The fraction of sp³-hybridized carbons (Fsp3) is 1.00. The van der Waals surface area contributed by atoms with Gasteiger partial charge >= 0.3 is 11.8 Å². The minimum absolute atomic E-state index is 1.09. The van der Waals surface area contributed by atoms with E-state index in [2.05, 4.69) is 4.74 Å². The van der Waals surface area contributed by atoms with Gasteiger partial charge in [0.05, 0.1) is 6.61 Å². The zero-order valence-corrected chi connectivity index (χ0v) is 6.70. The third-order valence-corrected chi connectivity index (χ3v) is 1.96. The summed E-state index contributed by atoms with van der Waals surface area (Å²) in [7, 11) is 0. The standard InChI is InChI=1S/C6H8F4O4/c7-5(8)3(12)2(1-11)14-4(13)6(5,9)10/h2-4,11-13H,1H2/t2-,3+,4?/m1/s1. The van der Waals surface area contributed by atoms with Gasteiger partial charge in [0.25, 0.3) is 0 Å². The summed E-state index contributed by atoms with van der Waals surface area (Å²) in [5.74, 6) is -9.71. The number of alkyl halides is 4. The van der Waals surface area contributed by atoms with Crippen LogP contribution in [0.2, 0.25) is 0 Å². The first-order valence-electron chi connectivity index (χ1n) is 3.63. The molecule has 0 aromatic rings. The van der Waals surface area contributed by atoms with E-state index in [0.29, 0.717) is 0 Å². The smallest absolute Gasteiger partial charge is 0.362 e. The lowest BCUT2D eigenvalue weighted by Crippen LogP contribution is -2.66. The molecule has 1 rings (SSSR count). The number of ether oxygens (including phenoxy) is 1. The summed E-state index contributed by atoms with van der Waals surface area (Å²) >= 11 is 0. The van der Waals surface area contributed by atoms with Crippen molar-refractivity contribution in [3.8, 4) is 0 Å². The predicted molar refractivity (Wildman–Crippen MR) is 33.9 cm³/mol. The molecule has 1 fully saturated rings. The van der Waals surface area contributed by atoms with E-state index in [1.54, 1.807) is 0 Å². The van der Waals surface area contributed by atoms with Crippen LogP contribution in [0.5, 0.6) is 0 Å². The van der Waals surface area contributed by atoms with Crippen molar-refractivity contribution >= 4 is 0 Å². The minimum Gasteiger partial charge on any atom is -0.394 e. The van der Waals surface area contributed by atoms with Gasteiger partial charge in [-0.3, -0.25) is 0 Å². The van der Waals surface area contributed by atoms with Crippen LogP contribution in [0, 0.1) is 0 Å². The van der Waals surface area contributed by atoms with Crippen LogP contribution < -0.4 is 0 Å². The first-order chi connectivity index (χ1) is 6.25. The van der Waals surface area contributed by atoms with E-state index in [4.69, 9.17) is 15.3 Å². The van der Waals surface area contributed by atoms with Crippen molar-refractivity contribution in [3.05, 3.63) is 0 Å². The molecular weight excluding hydrogens is 212 g/mol. The highest BCUT2D eigenvalue weighted by molar-refractivity contribution is 5.00. The van der Waals surface area contributed by atoms with Crippen molar-refractivity contribution in [3.63, 3.8) is 0 Å². The summed E-state index contributed by atoms with van der Waals surface area (Å²) in [5.41, 5.74) is 0. The molecule has 0 radical (unpaired) electrons. The van der Waals surface area contributed by atoms with E-state index < -0.39 is 36.9 Å². The topological polar surface area (TPSA) is 69.9 Å². The molecule has 1 unspecified atom stereocenters. The number of hydrogen-bond donors (Lipinski definition) is 3. The molecule has 0 amide bonds. The Morgan fingerprint density at radius 2 is 1.57 bits per heavy atom. The molecule has 8 heteroatoms. The van der Waals surface area contributed by atoms with Gasteiger partial charge in [0, 0.05) is 0 Å². The van der Waals surface area contributed by atoms with Crippen molar-refractivity contribution in [1.29, 1.82) is 0 Å². The number of aliphatic hydroxyl groups is 3. The molecule has 1 saturated heterocycles. The Morgan fingerprint density at radius 1 is 1.07 bits per heavy atom. The SMILES string of the molecule is OC[C@H]1OC(O)C(F)(F)C(F)(F)[C@H]1O. The molecule has 84 valence electrons. The fourth-order valence-electron chi connectivity index (χ4n) is 1.06. The van der Waals surface area contributed by atoms with Gasteiger partial charge in [0.1, 0.15) is 6.10 Å². The zero-order chi connectivity index (χ0) is 11.1. The van der Waals surface area contributed by atoms with Gasteiger partial charge in [0.15, 0.2) is 6.10 Å². The third kappa shape index (κ3) is 1.38. The lowest BCUT2D eigenvalue weighted by Gasteiger charge is -2.41. The van der Waals surface area contributed by atoms with Crippen LogP contribution >= 0.6 is 0 Å². The molecule has 0 aromatic heterocycles. The maximum atomic E-state index is 12.7. The highest BCUT2D eigenvalue weighted by atomic mass is 19.3. The Bertz CT molecular complexity index is 222. The Hall–Kier alpha value is -0.440. The largest absolute Gasteiger partial charge is 0.394 e. The highest BCUT2D eigenvalue weighted by Crippen LogP contribution is 2.45. The molecule has 1 aliphatic rings. The molecular formula is C6H8F4O4. The van der Waals surface area contributed by atoms with E-state index in [1.165, 1.54) is 0 Å². The van der Waals surface area contributed by atoms with Crippen molar-refractivity contribution in [2.75, 3.05) is 6.61 Å². The minimum atomic E-state index is -4.88. The molecule has 0 bridgehead atoms. The fourth-order valence-corrected chi connectivity index (χ4v) is 1.06. The molecule has 1 aliphatic heterocycles.